The van der Waals surface area contributed by atoms with Gasteiger partial charge in [-0.05, 0) is 38.1 Å². The molecule has 1 atom stereocenters. The smallest absolute Gasteiger partial charge is 0.274 e. The Morgan fingerprint density at radius 3 is 2.22 bits per heavy atom. The lowest BCUT2D eigenvalue weighted by molar-refractivity contribution is 0.0404. The third-order valence-corrected chi connectivity index (χ3v) is 7.13. The summed E-state index contributed by atoms with van der Waals surface area (Å²) in [6.07, 6.45) is 1.58. The van der Waals surface area contributed by atoms with E-state index >= 15 is 0 Å². The van der Waals surface area contributed by atoms with E-state index in [-0.39, 0.29) is 25.3 Å². The number of ether oxygens (including phenoxy) is 2. The molecule has 0 saturated carbocycles. The SMILES string of the molecule is COc1ccc(-c2ccnc3cc(C(=O)N4CCN(C(=O)c5c(F)c(F)c(C)c(F)c5F)[C@@H](C)C4)nn23)cc1OC. The quantitative estimate of drug-likeness (QED) is 0.263. The summed E-state index contributed by atoms with van der Waals surface area (Å²) in [4.78, 5) is 33.2. The zero-order chi connectivity index (χ0) is 29.6. The predicted molar refractivity (Wildman–Crippen MR) is 139 cm³/mol. The van der Waals surface area contributed by atoms with Gasteiger partial charge in [0.2, 0.25) is 0 Å². The molecule has 1 aliphatic rings. The van der Waals surface area contributed by atoms with Crippen LogP contribution < -0.4 is 9.47 Å². The average Bonchev–Trinajstić information content (AvgIpc) is 3.43. The number of rotatable bonds is 5. The van der Waals surface area contributed by atoms with Crippen molar-refractivity contribution in [3.05, 3.63) is 76.6 Å². The monoisotopic (exact) mass is 571 g/mol. The number of piperazine rings is 1. The average molecular weight is 572 g/mol. The van der Waals surface area contributed by atoms with Gasteiger partial charge >= 0.3 is 0 Å². The molecule has 0 bridgehead atoms. The van der Waals surface area contributed by atoms with E-state index in [1.54, 1.807) is 31.3 Å². The Labute approximate surface area is 231 Å². The highest BCUT2D eigenvalue weighted by Crippen LogP contribution is 2.32. The van der Waals surface area contributed by atoms with E-state index in [1.165, 1.54) is 29.7 Å². The molecular weight excluding hydrogens is 546 g/mol. The summed E-state index contributed by atoms with van der Waals surface area (Å²) in [6, 6.07) is 7.87. The van der Waals surface area contributed by atoms with Crippen LogP contribution in [0.4, 0.5) is 17.6 Å². The molecule has 214 valence electrons. The molecule has 1 fully saturated rings. The first kappa shape index (κ1) is 27.9. The summed E-state index contributed by atoms with van der Waals surface area (Å²) in [6.45, 7) is 2.32. The number of halogens is 4. The fourth-order valence-electron chi connectivity index (χ4n) is 4.89. The molecule has 9 nitrogen and oxygen atoms in total. The molecule has 4 aromatic rings. The summed E-state index contributed by atoms with van der Waals surface area (Å²) in [5.41, 5.74) is -0.265. The Morgan fingerprint density at radius 2 is 1.59 bits per heavy atom. The Morgan fingerprint density at radius 1 is 0.902 bits per heavy atom. The second-order valence-corrected chi connectivity index (χ2v) is 9.55. The van der Waals surface area contributed by atoms with E-state index in [0.717, 1.165) is 17.4 Å². The van der Waals surface area contributed by atoms with E-state index in [0.29, 0.717) is 22.8 Å². The Balaban J connectivity index is 1.38. The molecule has 1 saturated heterocycles. The van der Waals surface area contributed by atoms with E-state index in [1.807, 2.05) is 6.07 Å². The van der Waals surface area contributed by atoms with Crippen molar-refractivity contribution in [1.29, 1.82) is 0 Å². The van der Waals surface area contributed by atoms with Crippen LogP contribution in [0.5, 0.6) is 11.5 Å². The van der Waals surface area contributed by atoms with Crippen LogP contribution in [0.1, 0.15) is 33.3 Å². The van der Waals surface area contributed by atoms with Gasteiger partial charge in [0, 0.05) is 49.1 Å². The Bertz CT molecular complexity index is 1660. The van der Waals surface area contributed by atoms with Gasteiger partial charge in [-0.1, -0.05) is 0 Å². The molecule has 5 rings (SSSR count). The van der Waals surface area contributed by atoms with Crippen molar-refractivity contribution >= 4 is 17.5 Å². The molecule has 2 aromatic carbocycles. The van der Waals surface area contributed by atoms with E-state index in [4.69, 9.17) is 9.47 Å². The van der Waals surface area contributed by atoms with Gasteiger partial charge in [0.05, 0.1) is 19.9 Å². The minimum Gasteiger partial charge on any atom is -0.493 e. The number of aromatic nitrogens is 3. The fraction of sp³-hybridized carbons (Fsp3) is 0.286. The van der Waals surface area contributed by atoms with Gasteiger partial charge in [-0.3, -0.25) is 9.59 Å². The normalized spacial score (nSPS) is 15.4. The maximum Gasteiger partial charge on any atom is 0.274 e. The number of methoxy groups -OCH3 is 2. The molecule has 2 aromatic heterocycles. The summed E-state index contributed by atoms with van der Waals surface area (Å²) in [7, 11) is 3.05. The maximum absolute atomic E-state index is 14.5. The molecule has 0 aliphatic carbocycles. The number of benzene rings is 2. The van der Waals surface area contributed by atoms with Crippen LogP contribution in [0.15, 0.2) is 36.5 Å². The van der Waals surface area contributed by atoms with Crippen molar-refractivity contribution in [1.82, 2.24) is 24.4 Å². The summed E-state index contributed by atoms with van der Waals surface area (Å²) in [5, 5.41) is 4.47. The molecule has 2 amide bonds. The minimum absolute atomic E-state index is 0.00118. The van der Waals surface area contributed by atoms with Crippen molar-refractivity contribution in [3.63, 3.8) is 0 Å². The first-order chi connectivity index (χ1) is 19.6. The van der Waals surface area contributed by atoms with Gasteiger partial charge in [-0.15, -0.1) is 0 Å². The molecule has 0 unspecified atom stereocenters. The van der Waals surface area contributed by atoms with Crippen LogP contribution >= 0.6 is 0 Å². The lowest BCUT2D eigenvalue weighted by Gasteiger charge is -2.39. The lowest BCUT2D eigenvalue weighted by atomic mass is 10.1. The molecule has 0 N–H and O–H groups in total. The van der Waals surface area contributed by atoms with Gasteiger partial charge in [0.25, 0.3) is 11.8 Å². The number of nitrogens with zero attached hydrogens (tertiary/aromatic N) is 5. The van der Waals surface area contributed by atoms with Crippen molar-refractivity contribution in [2.45, 2.75) is 19.9 Å². The van der Waals surface area contributed by atoms with Gasteiger partial charge in [-0.25, -0.2) is 27.1 Å². The van der Waals surface area contributed by atoms with Gasteiger partial charge in [-0.2, -0.15) is 5.10 Å². The standard InChI is InChI=1S/C28H25F4N5O4/c1-14-13-35(9-10-36(14)28(39)22-25(31)23(29)15(2)24(30)26(22)32)27(38)17-12-21-33-8-7-18(37(21)34-17)16-5-6-19(40-3)20(11-16)41-4/h5-8,11-12,14H,9-10,13H2,1-4H3/t14-/m0/s1. The van der Waals surface area contributed by atoms with Crippen LogP contribution in [-0.2, 0) is 0 Å². The Hall–Kier alpha value is -4.68. The number of hydrogen-bond acceptors (Lipinski definition) is 6. The molecular formula is C28H25F4N5O4. The van der Waals surface area contributed by atoms with Crippen molar-refractivity contribution in [3.8, 4) is 22.8 Å². The summed E-state index contributed by atoms with van der Waals surface area (Å²) >= 11 is 0. The largest absolute Gasteiger partial charge is 0.493 e. The third kappa shape index (κ3) is 4.70. The van der Waals surface area contributed by atoms with Gasteiger partial charge in [0.15, 0.2) is 46.1 Å². The van der Waals surface area contributed by atoms with Crippen LogP contribution in [0, 0.1) is 30.2 Å². The number of hydrogen-bond donors (Lipinski definition) is 0. The maximum atomic E-state index is 14.5. The highest BCUT2D eigenvalue weighted by Gasteiger charge is 2.36. The lowest BCUT2D eigenvalue weighted by Crippen LogP contribution is -2.55. The van der Waals surface area contributed by atoms with Crippen LogP contribution in [0.25, 0.3) is 16.9 Å². The molecule has 1 aliphatic heterocycles. The highest BCUT2D eigenvalue weighted by molar-refractivity contribution is 5.96. The number of carbonyl (C=O) groups is 2. The second kappa shape index (κ2) is 10.7. The molecule has 3 heterocycles. The first-order valence-corrected chi connectivity index (χ1v) is 12.6. The van der Waals surface area contributed by atoms with Crippen molar-refractivity contribution in [2.24, 2.45) is 0 Å². The molecule has 13 heteroatoms. The minimum atomic E-state index is -1.75. The van der Waals surface area contributed by atoms with Crippen molar-refractivity contribution in [2.75, 3.05) is 33.9 Å². The summed E-state index contributed by atoms with van der Waals surface area (Å²) < 4.78 is 69.3. The second-order valence-electron chi connectivity index (χ2n) is 9.55. The highest BCUT2D eigenvalue weighted by atomic mass is 19.2. The van der Waals surface area contributed by atoms with Crippen LogP contribution in [0.2, 0.25) is 0 Å². The number of amides is 2. The van der Waals surface area contributed by atoms with Crippen molar-refractivity contribution < 1.29 is 36.6 Å². The number of carbonyl (C=O) groups excluding carboxylic acids is 2. The topological polar surface area (TPSA) is 89.3 Å². The van der Waals surface area contributed by atoms with Gasteiger partial charge < -0.3 is 19.3 Å². The molecule has 41 heavy (non-hydrogen) atoms. The fourth-order valence-corrected chi connectivity index (χ4v) is 4.89. The third-order valence-electron chi connectivity index (χ3n) is 7.13. The molecule has 0 radical (unpaired) electrons. The first-order valence-electron chi connectivity index (χ1n) is 12.6. The van der Waals surface area contributed by atoms with E-state index in [2.05, 4.69) is 10.1 Å². The van der Waals surface area contributed by atoms with Crippen LogP contribution in [0.3, 0.4) is 0 Å². The zero-order valence-corrected chi connectivity index (χ0v) is 22.5. The zero-order valence-electron chi connectivity index (χ0n) is 22.5. The van der Waals surface area contributed by atoms with Gasteiger partial charge in [0.1, 0.15) is 5.56 Å². The van der Waals surface area contributed by atoms with E-state index in [9.17, 15) is 27.2 Å². The van der Waals surface area contributed by atoms with Crippen LogP contribution in [-0.4, -0.2) is 76.1 Å². The van der Waals surface area contributed by atoms with E-state index < -0.39 is 52.3 Å². The molecule has 0 spiro atoms. The Kier molecular flexibility index (Phi) is 7.28. The predicted octanol–water partition coefficient (Wildman–Crippen LogP) is 4.27. The number of fused-ring (bicyclic) bond motifs is 1. The summed E-state index contributed by atoms with van der Waals surface area (Å²) in [5.74, 6) is -7.34.